The van der Waals surface area contributed by atoms with Gasteiger partial charge in [0, 0.05) is 12.2 Å². The first-order valence-corrected chi connectivity index (χ1v) is 5.88. The third-order valence-electron chi connectivity index (χ3n) is 2.70. The third kappa shape index (κ3) is 3.72. The molecule has 0 amide bonds. The molecule has 0 saturated carbocycles. The van der Waals surface area contributed by atoms with Crippen molar-refractivity contribution in [2.45, 2.75) is 39.7 Å². The lowest BCUT2D eigenvalue weighted by Crippen LogP contribution is -2.13. The lowest BCUT2D eigenvalue weighted by atomic mass is 10.1. The number of aliphatic hydroxyl groups is 1. The van der Waals surface area contributed by atoms with Crippen LogP contribution in [-0.4, -0.2) is 22.7 Å². The van der Waals surface area contributed by atoms with Gasteiger partial charge in [-0.1, -0.05) is 6.92 Å². The van der Waals surface area contributed by atoms with E-state index in [1.807, 2.05) is 26.8 Å². The zero-order chi connectivity index (χ0) is 12.8. The number of nitrogens with zero attached hydrogens (tertiary/aromatic N) is 2. The number of hydrogen-bond donors (Lipinski definition) is 2. The number of pyridine rings is 1. The highest BCUT2D eigenvalue weighted by Gasteiger charge is 2.08. The highest BCUT2D eigenvalue weighted by Crippen LogP contribution is 2.18. The Morgan fingerprint density at radius 2 is 2.24 bits per heavy atom. The van der Waals surface area contributed by atoms with Gasteiger partial charge >= 0.3 is 0 Å². The predicted molar refractivity (Wildman–Crippen MR) is 67.8 cm³/mol. The molecule has 0 fully saturated rings. The van der Waals surface area contributed by atoms with Crippen LogP contribution in [0.2, 0.25) is 0 Å². The molecule has 0 aliphatic rings. The number of nitriles is 1. The summed E-state index contributed by atoms with van der Waals surface area (Å²) in [6, 6.07) is 4.02. The Morgan fingerprint density at radius 3 is 2.82 bits per heavy atom. The van der Waals surface area contributed by atoms with Crippen molar-refractivity contribution in [3.8, 4) is 6.07 Å². The number of nitrogens with one attached hydrogen (secondary N) is 1. The van der Waals surface area contributed by atoms with E-state index in [-0.39, 0.29) is 6.10 Å². The molecule has 92 valence electrons. The summed E-state index contributed by atoms with van der Waals surface area (Å²) in [6.45, 7) is 6.34. The van der Waals surface area contributed by atoms with Crippen LogP contribution in [-0.2, 0) is 0 Å². The summed E-state index contributed by atoms with van der Waals surface area (Å²) in [5, 5.41) is 21.7. The third-order valence-corrected chi connectivity index (χ3v) is 2.70. The summed E-state index contributed by atoms with van der Waals surface area (Å²) in [4.78, 5) is 4.25. The summed E-state index contributed by atoms with van der Waals surface area (Å²) in [6.07, 6.45) is 1.15. The van der Waals surface area contributed by atoms with Crippen LogP contribution >= 0.6 is 0 Å². The summed E-state index contributed by atoms with van der Waals surface area (Å²) in [5.41, 5.74) is 3.02. The molecule has 0 radical (unpaired) electrons. The first-order valence-electron chi connectivity index (χ1n) is 5.88. The average Bonchev–Trinajstić information content (AvgIpc) is 2.28. The van der Waals surface area contributed by atoms with E-state index in [0.717, 1.165) is 23.5 Å². The Bertz CT molecular complexity index is 423. The fourth-order valence-corrected chi connectivity index (χ4v) is 1.69. The van der Waals surface area contributed by atoms with Gasteiger partial charge in [-0.2, -0.15) is 5.26 Å². The van der Waals surface area contributed by atoms with Crippen LogP contribution in [0.25, 0.3) is 0 Å². The van der Waals surface area contributed by atoms with Gasteiger partial charge in [0.25, 0.3) is 0 Å². The van der Waals surface area contributed by atoms with Crippen LogP contribution in [0, 0.1) is 25.2 Å². The predicted octanol–water partition coefficient (Wildman–Crippen LogP) is 2.14. The molecule has 1 aromatic heterocycles. The largest absolute Gasteiger partial charge is 0.393 e. The lowest BCUT2D eigenvalue weighted by Gasteiger charge is -2.12. The number of anilines is 1. The zero-order valence-electron chi connectivity index (χ0n) is 10.6. The van der Waals surface area contributed by atoms with E-state index in [1.165, 1.54) is 0 Å². The van der Waals surface area contributed by atoms with Crippen molar-refractivity contribution < 1.29 is 5.11 Å². The fourth-order valence-electron chi connectivity index (χ4n) is 1.69. The van der Waals surface area contributed by atoms with Crippen molar-refractivity contribution in [3.63, 3.8) is 0 Å². The maximum absolute atomic E-state index is 9.45. The molecule has 1 unspecified atom stereocenters. The van der Waals surface area contributed by atoms with Crippen LogP contribution in [0.4, 0.5) is 5.69 Å². The van der Waals surface area contributed by atoms with E-state index in [9.17, 15) is 5.11 Å². The smallest absolute Gasteiger partial charge is 0.103 e. The average molecular weight is 233 g/mol. The standard InChI is InChI=1S/C13H19N3O/c1-4-11(17)5-6-15-13-7-9(2)16-10(3)12(13)8-14/h7,11,17H,4-6H2,1-3H3,(H,15,16). The summed E-state index contributed by atoms with van der Waals surface area (Å²) < 4.78 is 0. The number of rotatable bonds is 5. The molecule has 1 heterocycles. The SMILES string of the molecule is CCC(O)CCNc1cc(C)nc(C)c1C#N. The Kier molecular flexibility index (Phi) is 4.92. The van der Waals surface area contributed by atoms with Crippen LogP contribution in [0.3, 0.4) is 0 Å². The van der Waals surface area contributed by atoms with Gasteiger partial charge < -0.3 is 10.4 Å². The Hall–Kier alpha value is -1.60. The fraction of sp³-hybridized carbons (Fsp3) is 0.538. The molecular formula is C13H19N3O. The molecule has 17 heavy (non-hydrogen) atoms. The molecule has 0 spiro atoms. The molecule has 0 aromatic carbocycles. The minimum Gasteiger partial charge on any atom is -0.393 e. The topological polar surface area (TPSA) is 68.9 Å². The van der Waals surface area contributed by atoms with Crippen molar-refractivity contribution in [2.75, 3.05) is 11.9 Å². The minimum atomic E-state index is -0.280. The van der Waals surface area contributed by atoms with Gasteiger partial charge in [-0.15, -0.1) is 0 Å². The van der Waals surface area contributed by atoms with Gasteiger partial charge in [0.05, 0.1) is 23.0 Å². The van der Waals surface area contributed by atoms with Crippen LogP contribution in [0.1, 0.15) is 36.7 Å². The number of hydrogen-bond acceptors (Lipinski definition) is 4. The maximum atomic E-state index is 9.45. The first kappa shape index (κ1) is 13.5. The van der Waals surface area contributed by atoms with Gasteiger partial charge in [0.1, 0.15) is 6.07 Å². The molecule has 1 atom stereocenters. The van der Waals surface area contributed by atoms with Gasteiger partial charge in [0.2, 0.25) is 0 Å². The van der Waals surface area contributed by atoms with E-state index in [1.54, 1.807) is 0 Å². The van der Waals surface area contributed by atoms with Gasteiger partial charge in [-0.05, 0) is 32.8 Å². The summed E-state index contributed by atoms with van der Waals surface area (Å²) in [5.74, 6) is 0. The molecule has 1 aromatic rings. The van der Waals surface area contributed by atoms with Crippen LogP contribution in [0.15, 0.2) is 6.07 Å². The van der Waals surface area contributed by atoms with E-state index >= 15 is 0 Å². The maximum Gasteiger partial charge on any atom is 0.103 e. The lowest BCUT2D eigenvalue weighted by molar-refractivity contribution is 0.164. The number of aliphatic hydroxyl groups excluding tert-OH is 1. The van der Waals surface area contributed by atoms with E-state index in [4.69, 9.17) is 5.26 Å². The highest BCUT2D eigenvalue weighted by atomic mass is 16.3. The Labute approximate surface area is 102 Å². The Morgan fingerprint density at radius 1 is 1.53 bits per heavy atom. The van der Waals surface area contributed by atoms with Gasteiger partial charge in [0.15, 0.2) is 0 Å². The minimum absolute atomic E-state index is 0.280. The van der Waals surface area contributed by atoms with E-state index in [0.29, 0.717) is 18.5 Å². The molecule has 0 bridgehead atoms. The molecule has 0 aliphatic carbocycles. The van der Waals surface area contributed by atoms with Crippen molar-refractivity contribution in [2.24, 2.45) is 0 Å². The Balaban J connectivity index is 2.74. The summed E-state index contributed by atoms with van der Waals surface area (Å²) >= 11 is 0. The van der Waals surface area contributed by atoms with Gasteiger partial charge in [-0.25, -0.2) is 0 Å². The highest BCUT2D eigenvalue weighted by molar-refractivity contribution is 5.59. The molecule has 0 aliphatic heterocycles. The van der Waals surface area contributed by atoms with Gasteiger partial charge in [-0.3, -0.25) is 4.98 Å². The van der Waals surface area contributed by atoms with Crippen LogP contribution < -0.4 is 5.32 Å². The van der Waals surface area contributed by atoms with Crippen molar-refractivity contribution in [3.05, 3.63) is 23.0 Å². The number of aryl methyl sites for hydroxylation is 2. The quantitative estimate of drug-likeness (QED) is 0.817. The molecular weight excluding hydrogens is 214 g/mol. The van der Waals surface area contributed by atoms with Crippen molar-refractivity contribution >= 4 is 5.69 Å². The molecule has 0 saturated heterocycles. The second kappa shape index (κ2) is 6.21. The second-order valence-corrected chi connectivity index (χ2v) is 4.16. The van der Waals surface area contributed by atoms with Crippen LogP contribution in [0.5, 0.6) is 0 Å². The number of aromatic nitrogens is 1. The molecule has 1 rings (SSSR count). The molecule has 4 nitrogen and oxygen atoms in total. The van der Waals surface area contributed by atoms with Crippen molar-refractivity contribution in [1.29, 1.82) is 5.26 Å². The zero-order valence-corrected chi connectivity index (χ0v) is 10.6. The second-order valence-electron chi connectivity index (χ2n) is 4.16. The summed E-state index contributed by atoms with van der Waals surface area (Å²) in [7, 11) is 0. The van der Waals surface area contributed by atoms with E-state index < -0.39 is 0 Å². The molecule has 4 heteroatoms. The monoisotopic (exact) mass is 233 g/mol. The first-order chi connectivity index (χ1) is 8.08. The van der Waals surface area contributed by atoms with Crippen molar-refractivity contribution in [1.82, 2.24) is 4.98 Å². The van der Waals surface area contributed by atoms with E-state index in [2.05, 4.69) is 16.4 Å². The molecule has 2 N–H and O–H groups in total. The normalized spacial score (nSPS) is 11.9.